The Balaban J connectivity index is 0.00000363. The highest BCUT2D eigenvalue weighted by molar-refractivity contribution is 14.0. The van der Waals surface area contributed by atoms with E-state index in [1.807, 2.05) is 35.9 Å². The lowest BCUT2D eigenvalue weighted by atomic mass is 10.1. The lowest BCUT2D eigenvalue weighted by Crippen LogP contribution is -2.30. The van der Waals surface area contributed by atoms with Gasteiger partial charge in [0.15, 0.2) is 17.5 Å². The first-order valence-corrected chi connectivity index (χ1v) is 9.90. The molecule has 9 heteroatoms. The van der Waals surface area contributed by atoms with Gasteiger partial charge in [-0.2, -0.15) is 5.10 Å². The van der Waals surface area contributed by atoms with Gasteiger partial charge in [0.2, 0.25) is 5.75 Å². The van der Waals surface area contributed by atoms with Crippen LogP contribution in [0.1, 0.15) is 17.0 Å². The summed E-state index contributed by atoms with van der Waals surface area (Å²) in [5, 5.41) is 11.2. The lowest BCUT2D eigenvalue weighted by molar-refractivity contribution is 0.324. The van der Waals surface area contributed by atoms with Crippen molar-refractivity contribution in [2.45, 2.75) is 20.4 Å². The number of aliphatic imine (C=N–C) groups is 1. The van der Waals surface area contributed by atoms with Crippen LogP contribution in [0.2, 0.25) is 0 Å². The molecule has 2 aromatic carbocycles. The molecule has 32 heavy (non-hydrogen) atoms. The van der Waals surface area contributed by atoms with E-state index >= 15 is 0 Å². The molecule has 0 aliphatic rings. The number of methoxy groups -OCH3 is 3. The van der Waals surface area contributed by atoms with Gasteiger partial charge in [0.1, 0.15) is 0 Å². The molecule has 1 heterocycles. The van der Waals surface area contributed by atoms with E-state index in [1.54, 1.807) is 28.4 Å². The van der Waals surface area contributed by atoms with Gasteiger partial charge in [0, 0.05) is 37.1 Å². The Kier molecular flexibility index (Phi) is 9.18. The quantitative estimate of drug-likeness (QED) is 0.259. The Hall–Kier alpha value is -2.95. The first-order chi connectivity index (χ1) is 15.0. The number of halogens is 1. The summed E-state index contributed by atoms with van der Waals surface area (Å²) in [6, 6.07) is 13.9. The second kappa shape index (κ2) is 11.6. The Bertz CT molecular complexity index is 1060. The fraction of sp³-hybridized carbons (Fsp3) is 0.304. The summed E-state index contributed by atoms with van der Waals surface area (Å²) in [5.41, 5.74) is 4.96. The van der Waals surface area contributed by atoms with Gasteiger partial charge in [-0.15, -0.1) is 24.0 Å². The predicted molar refractivity (Wildman–Crippen MR) is 138 cm³/mol. The van der Waals surface area contributed by atoms with Gasteiger partial charge in [0.05, 0.1) is 32.7 Å². The molecule has 0 amide bonds. The first-order valence-electron chi connectivity index (χ1n) is 9.90. The summed E-state index contributed by atoms with van der Waals surface area (Å²) in [4.78, 5) is 4.34. The molecule has 0 saturated carbocycles. The number of aromatic nitrogens is 2. The number of benzene rings is 2. The average Bonchev–Trinajstić information content (AvgIpc) is 3.13. The van der Waals surface area contributed by atoms with E-state index < -0.39 is 0 Å². The monoisotopic (exact) mass is 551 g/mol. The van der Waals surface area contributed by atoms with Crippen LogP contribution in [0.15, 0.2) is 47.5 Å². The third-order valence-electron chi connectivity index (χ3n) is 4.83. The minimum absolute atomic E-state index is 0. The van der Waals surface area contributed by atoms with Gasteiger partial charge in [-0.25, -0.2) is 4.68 Å². The van der Waals surface area contributed by atoms with Gasteiger partial charge in [-0.3, -0.25) is 4.99 Å². The van der Waals surface area contributed by atoms with E-state index in [2.05, 4.69) is 45.8 Å². The molecule has 0 bridgehead atoms. The van der Waals surface area contributed by atoms with Crippen LogP contribution in [0.5, 0.6) is 17.2 Å². The number of aryl methyl sites for hydroxylation is 2. The maximum absolute atomic E-state index is 5.43. The third-order valence-corrected chi connectivity index (χ3v) is 4.83. The second-order valence-corrected chi connectivity index (χ2v) is 6.93. The van der Waals surface area contributed by atoms with E-state index in [4.69, 9.17) is 14.2 Å². The van der Waals surface area contributed by atoms with E-state index in [0.29, 0.717) is 29.8 Å². The van der Waals surface area contributed by atoms with Crippen LogP contribution >= 0.6 is 24.0 Å². The number of hydrogen-bond donors (Lipinski definition) is 2. The molecule has 0 radical (unpaired) electrons. The van der Waals surface area contributed by atoms with Crippen molar-refractivity contribution in [2.24, 2.45) is 4.99 Å². The fourth-order valence-corrected chi connectivity index (χ4v) is 3.39. The van der Waals surface area contributed by atoms with Gasteiger partial charge in [-0.1, -0.05) is 18.2 Å². The fourth-order valence-electron chi connectivity index (χ4n) is 3.39. The largest absolute Gasteiger partial charge is 0.493 e. The molecule has 0 atom stereocenters. The zero-order chi connectivity index (χ0) is 22.4. The van der Waals surface area contributed by atoms with Crippen molar-refractivity contribution in [1.82, 2.24) is 15.1 Å². The Morgan fingerprint density at radius 2 is 1.66 bits per heavy atom. The summed E-state index contributed by atoms with van der Waals surface area (Å²) in [6.07, 6.45) is 0. The smallest absolute Gasteiger partial charge is 0.203 e. The van der Waals surface area contributed by atoms with Gasteiger partial charge < -0.3 is 24.8 Å². The highest BCUT2D eigenvalue weighted by Gasteiger charge is 2.14. The normalized spacial score (nSPS) is 10.9. The van der Waals surface area contributed by atoms with Crippen molar-refractivity contribution in [1.29, 1.82) is 0 Å². The van der Waals surface area contributed by atoms with Crippen LogP contribution in [0, 0.1) is 13.8 Å². The molecule has 0 spiro atoms. The Morgan fingerprint density at radius 1 is 1.00 bits per heavy atom. The van der Waals surface area contributed by atoms with E-state index in [-0.39, 0.29) is 24.0 Å². The molecule has 172 valence electrons. The summed E-state index contributed by atoms with van der Waals surface area (Å²) < 4.78 is 18.2. The highest BCUT2D eigenvalue weighted by atomic mass is 127. The molecular weight excluding hydrogens is 521 g/mol. The predicted octanol–water partition coefficient (Wildman–Crippen LogP) is 4.32. The van der Waals surface area contributed by atoms with Crippen LogP contribution in [-0.2, 0) is 6.54 Å². The minimum atomic E-state index is 0. The van der Waals surface area contributed by atoms with Gasteiger partial charge in [0.25, 0.3) is 0 Å². The van der Waals surface area contributed by atoms with Crippen molar-refractivity contribution >= 4 is 35.6 Å². The Morgan fingerprint density at radius 3 is 2.19 bits per heavy atom. The average molecular weight is 551 g/mol. The van der Waals surface area contributed by atoms with Crippen LogP contribution in [0.25, 0.3) is 5.69 Å². The third kappa shape index (κ3) is 5.64. The first kappa shape index (κ1) is 25.3. The number of para-hydroxylation sites is 1. The number of hydrogen-bond acceptors (Lipinski definition) is 5. The number of ether oxygens (including phenoxy) is 3. The zero-order valence-electron chi connectivity index (χ0n) is 19.2. The molecule has 0 aliphatic carbocycles. The molecule has 3 aromatic rings. The Labute approximate surface area is 206 Å². The van der Waals surface area contributed by atoms with Gasteiger partial charge in [-0.05, 0) is 31.5 Å². The molecule has 1 aromatic heterocycles. The number of anilines is 1. The van der Waals surface area contributed by atoms with Crippen LogP contribution < -0.4 is 24.8 Å². The number of nitrogens with one attached hydrogen (secondary N) is 2. The second-order valence-electron chi connectivity index (χ2n) is 6.93. The molecule has 0 fully saturated rings. The standard InChI is InChI=1S/C23H29N5O3.HI/c1-15-11-16(2)28(27-15)19-10-8-7-9-17(19)14-25-23(24-3)26-18-12-20(29-4)22(31-6)21(13-18)30-5;/h7-13H,14H2,1-6H3,(H2,24,25,26);1H. The van der Waals surface area contributed by atoms with Gasteiger partial charge >= 0.3 is 0 Å². The maximum atomic E-state index is 5.43. The van der Waals surface area contributed by atoms with Crippen molar-refractivity contribution < 1.29 is 14.2 Å². The number of guanidine groups is 1. The van der Waals surface area contributed by atoms with Crippen molar-refractivity contribution in [2.75, 3.05) is 33.7 Å². The summed E-state index contributed by atoms with van der Waals surface area (Å²) in [6.45, 7) is 4.61. The number of rotatable bonds is 7. The summed E-state index contributed by atoms with van der Waals surface area (Å²) in [5.74, 6) is 2.28. The molecule has 3 rings (SSSR count). The van der Waals surface area contributed by atoms with Crippen molar-refractivity contribution in [3.8, 4) is 22.9 Å². The SMILES string of the molecule is CN=C(NCc1ccccc1-n1nc(C)cc1C)Nc1cc(OC)c(OC)c(OC)c1.I. The maximum Gasteiger partial charge on any atom is 0.203 e. The van der Waals surface area contributed by atoms with Crippen LogP contribution in [0.4, 0.5) is 5.69 Å². The van der Waals surface area contributed by atoms with Crippen LogP contribution in [0.3, 0.4) is 0 Å². The molecule has 8 nitrogen and oxygen atoms in total. The van der Waals surface area contributed by atoms with E-state index in [0.717, 1.165) is 28.3 Å². The van der Waals surface area contributed by atoms with E-state index in [1.165, 1.54) is 0 Å². The molecule has 0 unspecified atom stereocenters. The van der Waals surface area contributed by atoms with Crippen molar-refractivity contribution in [3.63, 3.8) is 0 Å². The molecule has 0 saturated heterocycles. The zero-order valence-corrected chi connectivity index (χ0v) is 21.6. The summed E-state index contributed by atoms with van der Waals surface area (Å²) >= 11 is 0. The van der Waals surface area contributed by atoms with Crippen molar-refractivity contribution in [3.05, 3.63) is 59.4 Å². The number of nitrogens with zero attached hydrogens (tertiary/aromatic N) is 3. The molecular formula is C23H30IN5O3. The minimum Gasteiger partial charge on any atom is -0.493 e. The topological polar surface area (TPSA) is 81.9 Å². The van der Waals surface area contributed by atoms with Crippen LogP contribution in [-0.4, -0.2) is 44.1 Å². The summed E-state index contributed by atoms with van der Waals surface area (Å²) in [7, 11) is 6.47. The molecule has 2 N–H and O–H groups in total. The highest BCUT2D eigenvalue weighted by Crippen LogP contribution is 2.39. The molecule has 0 aliphatic heterocycles. The lowest BCUT2D eigenvalue weighted by Gasteiger charge is -2.17. The van der Waals surface area contributed by atoms with E-state index in [9.17, 15) is 0 Å².